The molecule has 23 heavy (non-hydrogen) atoms. The fraction of sp³-hybridized carbons (Fsp3) is 0.200. The van der Waals surface area contributed by atoms with Gasteiger partial charge in [0.25, 0.3) is 10.0 Å². The van der Waals surface area contributed by atoms with Crippen LogP contribution in [-0.4, -0.2) is 15.0 Å². The van der Waals surface area contributed by atoms with Gasteiger partial charge in [-0.1, -0.05) is 15.9 Å². The molecule has 0 aromatic heterocycles. The lowest BCUT2D eigenvalue weighted by Crippen LogP contribution is -2.20. The van der Waals surface area contributed by atoms with E-state index < -0.39 is 27.3 Å². The van der Waals surface area contributed by atoms with E-state index in [0.29, 0.717) is 16.7 Å². The standard InChI is InChI=1S/C15H13BrF2N2O2S/c16-10-6-9-2-1-5-19-15(9)14(7-10)23(21,22)20-13-8-11(17)3-4-12(13)18/h3-4,6-8,19-20H,1-2,5H2. The van der Waals surface area contributed by atoms with E-state index in [9.17, 15) is 17.2 Å². The summed E-state index contributed by atoms with van der Waals surface area (Å²) in [5.74, 6) is -1.56. The van der Waals surface area contributed by atoms with E-state index in [4.69, 9.17) is 0 Å². The van der Waals surface area contributed by atoms with Gasteiger partial charge in [-0.05, 0) is 42.7 Å². The summed E-state index contributed by atoms with van der Waals surface area (Å²) in [4.78, 5) is 0.00485. The van der Waals surface area contributed by atoms with Gasteiger partial charge in [-0.25, -0.2) is 17.2 Å². The highest BCUT2D eigenvalue weighted by atomic mass is 79.9. The number of anilines is 2. The Morgan fingerprint density at radius 2 is 1.96 bits per heavy atom. The van der Waals surface area contributed by atoms with Gasteiger partial charge in [-0.3, -0.25) is 4.72 Å². The first kappa shape index (κ1) is 16.2. The molecule has 0 bridgehead atoms. The average Bonchev–Trinajstić information content (AvgIpc) is 2.50. The number of halogens is 3. The predicted octanol–water partition coefficient (Wildman–Crippen LogP) is 3.89. The van der Waals surface area contributed by atoms with Crippen LogP contribution in [0.3, 0.4) is 0 Å². The van der Waals surface area contributed by atoms with Gasteiger partial charge in [-0.2, -0.15) is 0 Å². The van der Waals surface area contributed by atoms with Crippen molar-refractivity contribution in [3.63, 3.8) is 0 Å². The zero-order valence-corrected chi connectivity index (χ0v) is 14.3. The summed E-state index contributed by atoms with van der Waals surface area (Å²) in [7, 11) is -4.07. The Balaban J connectivity index is 2.06. The van der Waals surface area contributed by atoms with E-state index >= 15 is 0 Å². The number of hydrogen-bond donors (Lipinski definition) is 2. The molecule has 0 saturated carbocycles. The number of benzene rings is 2. The first-order valence-corrected chi connectivity index (χ1v) is 9.18. The first-order valence-electron chi connectivity index (χ1n) is 6.91. The molecular weight excluding hydrogens is 390 g/mol. The van der Waals surface area contributed by atoms with Crippen LogP contribution in [0.2, 0.25) is 0 Å². The largest absolute Gasteiger partial charge is 0.384 e. The maximum absolute atomic E-state index is 13.7. The van der Waals surface area contributed by atoms with Crippen molar-refractivity contribution in [2.75, 3.05) is 16.6 Å². The molecule has 1 aliphatic heterocycles. The van der Waals surface area contributed by atoms with Crippen molar-refractivity contribution in [1.82, 2.24) is 0 Å². The van der Waals surface area contributed by atoms with Crippen molar-refractivity contribution < 1.29 is 17.2 Å². The third-order valence-corrected chi connectivity index (χ3v) is 5.38. The molecule has 0 atom stereocenters. The minimum Gasteiger partial charge on any atom is -0.384 e. The lowest BCUT2D eigenvalue weighted by Gasteiger charge is -2.22. The van der Waals surface area contributed by atoms with Crippen LogP contribution < -0.4 is 10.0 Å². The Kier molecular flexibility index (Phi) is 4.29. The fourth-order valence-electron chi connectivity index (χ4n) is 2.51. The molecule has 2 aromatic rings. The van der Waals surface area contributed by atoms with Gasteiger partial charge in [-0.15, -0.1) is 0 Å². The zero-order chi connectivity index (χ0) is 16.6. The molecule has 1 heterocycles. The average molecular weight is 403 g/mol. The van der Waals surface area contributed by atoms with Crippen LogP contribution in [0.5, 0.6) is 0 Å². The van der Waals surface area contributed by atoms with Gasteiger partial charge in [0, 0.05) is 17.1 Å². The Bertz CT molecular complexity index is 872. The summed E-state index contributed by atoms with van der Waals surface area (Å²) in [5, 5.41) is 3.07. The summed E-state index contributed by atoms with van der Waals surface area (Å²) in [5.41, 5.74) is 0.948. The molecule has 0 unspecified atom stereocenters. The second-order valence-electron chi connectivity index (χ2n) is 5.20. The Morgan fingerprint density at radius 1 is 1.17 bits per heavy atom. The highest BCUT2D eigenvalue weighted by Gasteiger charge is 2.24. The molecule has 0 fully saturated rings. The van der Waals surface area contributed by atoms with Gasteiger partial charge < -0.3 is 5.32 Å². The molecule has 122 valence electrons. The molecule has 1 aliphatic rings. The van der Waals surface area contributed by atoms with Crippen LogP contribution in [0.4, 0.5) is 20.2 Å². The van der Waals surface area contributed by atoms with Crippen LogP contribution in [0.1, 0.15) is 12.0 Å². The van der Waals surface area contributed by atoms with E-state index in [1.807, 2.05) is 6.07 Å². The molecule has 2 aromatic carbocycles. The lowest BCUT2D eigenvalue weighted by atomic mass is 10.0. The van der Waals surface area contributed by atoms with Crippen LogP contribution in [0, 0.1) is 11.6 Å². The highest BCUT2D eigenvalue weighted by molar-refractivity contribution is 9.10. The van der Waals surface area contributed by atoms with Crippen LogP contribution in [0.25, 0.3) is 0 Å². The maximum atomic E-state index is 13.7. The smallest absolute Gasteiger partial charge is 0.264 e. The van der Waals surface area contributed by atoms with Crippen molar-refractivity contribution in [2.45, 2.75) is 17.7 Å². The topological polar surface area (TPSA) is 58.2 Å². The lowest BCUT2D eigenvalue weighted by molar-refractivity contribution is 0.594. The van der Waals surface area contributed by atoms with Gasteiger partial charge in [0.1, 0.15) is 16.5 Å². The first-order chi connectivity index (χ1) is 10.9. The number of aryl methyl sites for hydroxylation is 1. The molecule has 0 saturated heterocycles. The van der Waals surface area contributed by atoms with Crippen molar-refractivity contribution in [1.29, 1.82) is 0 Å². The van der Waals surface area contributed by atoms with Crippen molar-refractivity contribution in [2.24, 2.45) is 0 Å². The minimum atomic E-state index is -4.07. The SMILES string of the molecule is O=S(=O)(Nc1cc(F)ccc1F)c1cc(Br)cc2c1NCCC2. The molecule has 2 N–H and O–H groups in total. The summed E-state index contributed by atoms with van der Waals surface area (Å²) in [6.07, 6.45) is 1.65. The van der Waals surface area contributed by atoms with Crippen LogP contribution >= 0.6 is 15.9 Å². The molecule has 8 heteroatoms. The molecule has 0 spiro atoms. The maximum Gasteiger partial charge on any atom is 0.264 e. The molecule has 0 radical (unpaired) electrons. The normalized spacial score (nSPS) is 14.0. The fourth-order valence-corrected chi connectivity index (χ4v) is 4.48. The number of rotatable bonds is 3. The summed E-state index contributed by atoms with van der Waals surface area (Å²) in [6, 6.07) is 5.90. The molecule has 4 nitrogen and oxygen atoms in total. The number of sulfonamides is 1. The highest BCUT2D eigenvalue weighted by Crippen LogP contribution is 2.34. The van der Waals surface area contributed by atoms with Gasteiger partial charge >= 0.3 is 0 Å². The molecule has 3 rings (SSSR count). The summed E-state index contributed by atoms with van der Waals surface area (Å²) >= 11 is 3.29. The van der Waals surface area contributed by atoms with Gasteiger partial charge in [0.05, 0.1) is 11.4 Å². The van der Waals surface area contributed by atoms with E-state index in [2.05, 4.69) is 26.0 Å². The second-order valence-corrected chi connectivity index (χ2v) is 7.76. The third kappa shape index (κ3) is 3.32. The van der Waals surface area contributed by atoms with Crippen LogP contribution in [-0.2, 0) is 16.4 Å². The van der Waals surface area contributed by atoms with E-state index in [1.54, 1.807) is 0 Å². The van der Waals surface area contributed by atoms with Gasteiger partial charge in [0.2, 0.25) is 0 Å². The minimum absolute atomic E-state index is 0.00485. The summed E-state index contributed by atoms with van der Waals surface area (Å²) < 4.78 is 54.9. The second kappa shape index (κ2) is 6.09. The summed E-state index contributed by atoms with van der Waals surface area (Å²) in [6.45, 7) is 0.658. The number of fused-ring (bicyclic) bond motifs is 1. The van der Waals surface area contributed by atoms with Crippen LogP contribution in [0.15, 0.2) is 39.7 Å². The third-order valence-electron chi connectivity index (χ3n) is 3.54. The number of hydrogen-bond acceptors (Lipinski definition) is 3. The molecule has 0 amide bonds. The van der Waals surface area contributed by atoms with E-state index in [1.165, 1.54) is 6.07 Å². The Labute approximate surface area is 141 Å². The van der Waals surface area contributed by atoms with E-state index in [-0.39, 0.29) is 4.90 Å². The van der Waals surface area contributed by atoms with E-state index in [0.717, 1.165) is 36.6 Å². The quantitative estimate of drug-likeness (QED) is 0.818. The zero-order valence-electron chi connectivity index (χ0n) is 11.9. The Morgan fingerprint density at radius 3 is 2.74 bits per heavy atom. The molecule has 0 aliphatic carbocycles. The monoisotopic (exact) mass is 402 g/mol. The number of nitrogens with one attached hydrogen (secondary N) is 2. The van der Waals surface area contributed by atoms with Crippen molar-refractivity contribution in [3.05, 3.63) is 52.0 Å². The molecular formula is C15H13BrF2N2O2S. The Hall–Kier alpha value is -1.67. The predicted molar refractivity (Wildman–Crippen MR) is 88.1 cm³/mol. The van der Waals surface area contributed by atoms with Crippen molar-refractivity contribution >= 4 is 37.3 Å². The van der Waals surface area contributed by atoms with Crippen molar-refractivity contribution in [3.8, 4) is 0 Å². The van der Waals surface area contributed by atoms with Gasteiger partial charge in [0.15, 0.2) is 0 Å².